The van der Waals surface area contributed by atoms with Gasteiger partial charge in [-0.25, -0.2) is 0 Å². The number of hydrogen-bond acceptors (Lipinski definition) is 5. The summed E-state index contributed by atoms with van der Waals surface area (Å²) >= 11 is 12.2. The Morgan fingerprint density at radius 2 is 1.74 bits per heavy atom. The predicted molar refractivity (Wildman–Crippen MR) is 137 cm³/mol. The first-order chi connectivity index (χ1) is 18.2. The van der Waals surface area contributed by atoms with E-state index in [1.165, 1.54) is 17.3 Å². The van der Waals surface area contributed by atoms with Crippen LogP contribution < -0.4 is 0 Å². The average molecular weight is 589 g/mol. The Hall–Kier alpha value is -2.66. The van der Waals surface area contributed by atoms with Gasteiger partial charge in [0.1, 0.15) is 0 Å². The number of ketones is 1. The molecule has 0 saturated heterocycles. The van der Waals surface area contributed by atoms with Crippen LogP contribution in [0.25, 0.3) is 0 Å². The number of aliphatic carboxylic acids is 1. The number of carboxylic acids is 1. The van der Waals surface area contributed by atoms with Crippen molar-refractivity contribution in [2.24, 2.45) is 17.3 Å². The summed E-state index contributed by atoms with van der Waals surface area (Å²) in [7, 11) is 0. The molecule has 2 saturated carbocycles. The van der Waals surface area contributed by atoms with Crippen LogP contribution in [-0.4, -0.2) is 55.0 Å². The Labute approximate surface area is 233 Å². The van der Waals surface area contributed by atoms with Gasteiger partial charge in [0.15, 0.2) is 11.5 Å². The topological polar surface area (TPSA) is 105 Å². The molecule has 1 N–H and O–H groups in total. The van der Waals surface area contributed by atoms with Crippen LogP contribution in [0.15, 0.2) is 18.6 Å². The highest BCUT2D eigenvalue weighted by molar-refractivity contribution is 6.39. The molecular formula is C26H29Cl2F3N4O4. The van der Waals surface area contributed by atoms with Crippen LogP contribution in [0.5, 0.6) is 0 Å². The van der Waals surface area contributed by atoms with Crippen LogP contribution in [0.4, 0.5) is 13.2 Å². The van der Waals surface area contributed by atoms with Crippen LogP contribution in [-0.2, 0) is 11.0 Å². The third-order valence-electron chi connectivity index (χ3n) is 7.98. The molecule has 2 heterocycles. The molecule has 1 amide bonds. The van der Waals surface area contributed by atoms with Gasteiger partial charge in [0.25, 0.3) is 5.91 Å². The summed E-state index contributed by atoms with van der Waals surface area (Å²) in [6.45, 7) is 4.95. The van der Waals surface area contributed by atoms with E-state index in [0.29, 0.717) is 6.42 Å². The molecule has 0 aliphatic heterocycles. The number of nitrogens with zero attached hydrogens (tertiary/aromatic N) is 4. The maximum atomic E-state index is 14.4. The Kier molecular flexibility index (Phi) is 8.06. The molecule has 0 aromatic carbocycles. The third kappa shape index (κ3) is 5.79. The van der Waals surface area contributed by atoms with Crippen molar-refractivity contribution in [3.8, 4) is 0 Å². The van der Waals surface area contributed by atoms with Gasteiger partial charge in [0.05, 0.1) is 45.4 Å². The minimum atomic E-state index is -4.91. The zero-order valence-electron chi connectivity index (χ0n) is 21.6. The maximum Gasteiger partial charge on any atom is 0.433 e. The molecule has 2 aliphatic carbocycles. The van der Waals surface area contributed by atoms with Crippen molar-refractivity contribution in [3.63, 3.8) is 0 Å². The highest BCUT2D eigenvalue weighted by atomic mass is 35.5. The highest BCUT2D eigenvalue weighted by Gasteiger charge is 2.49. The third-order valence-corrected chi connectivity index (χ3v) is 8.56. The number of carbonyl (C=O) groups excluding carboxylic acids is 2. The molecule has 2 aromatic rings. The number of Topliss-reactive ketones (excluding diaryl/α,β-unsaturated/α-hetero) is 1. The lowest BCUT2D eigenvalue weighted by molar-refractivity contribution is -0.152. The lowest BCUT2D eigenvalue weighted by atomic mass is 9.74. The summed E-state index contributed by atoms with van der Waals surface area (Å²) in [4.78, 5) is 43.5. The zero-order chi connectivity index (χ0) is 28.9. The molecule has 4 rings (SSSR count). The van der Waals surface area contributed by atoms with Crippen LogP contribution in [0.3, 0.4) is 0 Å². The first kappa shape index (κ1) is 29.3. The minimum absolute atomic E-state index is 0.0153. The van der Waals surface area contributed by atoms with E-state index in [4.69, 9.17) is 23.2 Å². The predicted octanol–water partition coefficient (Wildman–Crippen LogP) is 6.18. The zero-order valence-corrected chi connectivity index (χ0v) is 23.1. The van der Waals surface area contributed by atoms with E-state index in [2.05, 4.69) is 10.1 Å². The second kappa shape index (κ2) is 10.7. The van der Waals surface area contributed by atoms with Crippen molar-refractivity contribution in [2.75, 3.05) is 6.54 Å². The lowest BCUT2D eigenvalue weighted by Crippen LogP contribution is -2.40. The fraction of sp³-hybridized carbons (Fsp3) is 0.577. The number of carbonyl (C=O) groups is 3. The molecule has 0 radical (unpaired) electrons. The van der Waals surface area contributed by atoms with E-state index in [9.17, 15) is 32.7 Å². The minimum Gasteiger partial charge on any atom is -0.481 e. The monoisotopic (exact) mass is 588 g/mol. The van der Waals surface area contributed by atoms with Gasteiger partial charge in [-0.2, -0.15) is 18.3 Å². The normalized spacial score (nSPS) is 25.0. The Bertz CT molecular complexity index is 1270. The number of alkyl halides is 3. The molecule has 0 unspecified atom stereocenters. The molecule has 212 valence electrons. The molecule has 0 spiro atoms. The standard InChI is InChI=1S/C26H29Cl2F3N4O4/c1-13(2)15-8-19(15)34(12-20(36)21-17(27)10-32-11-18(21)28)23(37)16-9-33-35(22(16)26(29,30)31)14-4-6-25(3,7-5-14)24(38)39/h9-11,13-15,19H,4-8,12H2,1-3H3,(H,38,39)/t14-,15-,19+,25-/m1/s1. The first-order valence-corrected chi connectivity index (χ1v) is 13.4. The molecule has 0 bridgehead atoms. The van der Waals surface area contributed by atoms with Gasteiger partial charge in [-0.1, -0.05) is 37.0 Å². The fourth-order valence-electron chi connectivity index (χ4n) is 5.46. The lowest BCUT2D eigenvalue weighted by Gasteiger charge is -2.34. The number of amides is 1. The van der Waals surface area contributed by atoms with Gasteiger partial charge < -0.3 is 10.0 Å². The molecular weight excluding hydrogens is 560 g/mol. The second-order valence-corrected chi connectivity index (χ2v) is 11.8. The average Bonchev–Trinajstić information content (AvgIpc) is 3.51. The molecule has 39 heavy (non-hydrogen) atoms. The van der Waals surface area contributed by atoms with Crippen LogP contribution in [0.2, 0.25) is 10.0 Å². The van der Waals surface area contributed by atoms with Crippen molar-refractivity contribution >= 4 is 40.9 Å². The van der Waals surface area contributed by atoms with Crippen molar-refractivity contribution in [3.05, 3.63) is 45.5 Å². The quantitative estimate of drug-likeness (QED) is 0.369. The van der Waals surface area contributed by atoms with Gasteiger partial charge in [0.2, 0.25) is 0 Å². The number of pyridine rings is 1. The largest absolute Gasteiger partial charge is 0.481 e. The Morgan fingerprint density at radius 1 is 1.15 bits per heavy atom. The van der Waals surface area contributed by atoms with E-state index >= 15 is 0 Å². The molecule has 13 heteroatoms. The maximum absolute atomic E-state index is 14.4. The summed E-state index contributed by atoms with van der Waals surface area (Å²) in [5.41, 5.74) is -2.92. The number of halogens is 5. The summed E-state index contributed by atoms with van der Waals surface area (Å²) in [5, 5.41) is 13.4. The van der Waals surface area contributed by atoms with E-state index in [1.54, 1.807) is 6.92 Å². The van der Waals surface area contributed by atoms with Crippen molar-refractivity contribution < 1.29 is 32.7 Å². The van der Waals surface area contributed by atoms with Gasteiger partial charge in [-0.3, -0.25) is 24.0 Å². The number of hydrogen-bond donors (Lipinski definition) is 1. The number of rotatable bonds is 8. The second-order valence-electron chi connectivity index (χ2n) is 11.0. The van der Waals surface area contributed by atoms with Crippen molar-refractivity contribution in [1.29, 1.82) is 0 Å². The summed E-state index contributed by atoms with van der Waals surface area (Å²) in [5.74, 6) is -2.41. The molecule has 2 atom stereocenters. The molecule has 2 aromatic heterocycles. The molecule has 8 nitrogen and oxygen atoms in total. The van der Waals surface area contributed by atoms with Crippen molar-refractivity contribution in [2.45, 2.75) is 71.1 Å². The van der Waals surface area contributed by atoms with E-state index in [-0.39, 0.29) is 53.1 Å². The van der Waals surface area contributed by atoms with Gasteiger partial charge in [-0.05, 0) is 50.9 Å². The summed E-state index contributed by atoms with van der Waals surface area (Å²) in [6, 6.07) is -1.15. The summed E-state index contributed by atoms with van der Waals surface area (Å²) < 4.78 is 44.1. The van der Waals surface area contributed by atoms with E-state index < -0.39 is 59.1 Å². The van der Waals surface area contributed by atoms with Gasteiger partial charge >= 0.3 is 12.1 Å². The van der Waals surface area contributed by atoms with Crippen LogP contribution >= 0.6 is 23.2 Å². The smallest absolute Gasteiger partial charge is 0.433 e. The SMILES string of the molecule is CC(C)[C@H]1C[C@@H]1N(CC(=O)c1c(Cl)cncc1Cl)C(=O)c1cnn([C@H]2CC[C@](C)(C(=O)O)CC2)c1C(F)(F)F. The summed E-state index contributed by atoms with van der Waals surface area (Å²) in [6.07, 6.45) is -0.324. The number of carboxylic acid groups (broad SMARTS) is 1. The van der Waals surface area contributed by atoms with E-state index in [1.807, 2.05) is 13.8 Å². The van der Waals surface area contributed by atoms with Gasteiger partial charge in [-0.15, -0.1) is 0 Å². The van der Waals surface area contributed by atoms with Gasteiger partial charge in [0, 0.05) is 18.4 Å². The highest BCUT2D eigenvalue weighted by Crippen LogP contribution is 2.45. The Balaban J connectivity index is 1.68. The van der Waals surface area contributed by atoms with E-state index in [0.717, 1.165) is 10.9 Å². The number of aromatic nitrogens is 3. The molecule has 2 fully saturated rings. The fourth-order valence-corrected chi connectivity index (χ4v) is 6.03. The first-order valence-electron chi connectivity index (χ1n) is 12.7. The van der Waals surface area contributed by atoms with Crippen molar-refractivity contribution in [1.82, 2.24) is 19.7 Å². The van der Waals surface area contributed by atoms with Crippen LogP contribution in [0, 0.1) is 17.3 Å². The Morgan fingerprint density at radius 3 is 2.23 bits per heavy atom. The molecule has 2 aliphatic rings. The van der Waals surface area contributed by atoms with Crippen LogP contribution in [0.1, 0.15) is 85.3 Å².